The maximum Gasteiger partial charge on any atom is 0.253 e. The topological polar surface area (TPSA) is 105 Å². The highest BCUT2D eigenvalue weighted by Crippen LogP contribution is 2.25. The summed E-state index contributed by atoms with van der Waals surface area (Å²) in [6.07, 6.45) is 1.04. The summed E-state index contributed by atoms with van der Waals surface area (Å²) in [5.41, 5.74) is 1.83. The number of anilines is 2. The molecule has 2 amide bonds. The van der Waals surface area contributed by atoms with Gasteiger partial charge in [-0.2, -0.15) is 0 Å². The number of para-hydroxylation sites is 1. The van der Waals surface area contributed by atoms with Crippen molar-refractivity contribution < 1.29 is 22.7 Å². The fourth-order valence-corrected chi connectivity index (χ4v) is 4.74. The Hall–Kier alpha value is -3.85. The summed E-state index contributed by atoms with van der Waals surface area (Å²) in [5, 5.41) is 5.55. The molecule has 3 aromatic carbocycles. The van der Waals surface area contributed by atoms with Crippen molar-refractivity contribution in [2.24, 2.45) is 0 Å². The predicted molar refractivity (Wildman–Crippen MR) is 137 cm³/mol. The van der Waals surface area contributed by atoms with Gasteiger partial charge in [0.05, 0.1) is 29.8 Å². The van der Waals surface area contributed by atoms with Crippen LogP contribution in [0.4, 0.5) is 11.4 Å². The molecule has 0 aromatic heterocycles. The zero-order valence-corrected chi connectivity index (χ0v) is 20.7. The number of hydrogen-bond acceptors (Lipinski definition) is 5. The monoisotopic (exact) mass is 495 g/mol. The summed E-state index contributed by atoms with van der Waals surface area (Å²) >= 11 is 0. The Kier molecular flexibility index (Phi) is 8.48. The number of nitrogens with one attached hydrogen (secondary N) is 2. The van der Waals surface area contributed by atoms with Crippen molar-refractivity contribution in [3.05, 3.63) is 90.0 Å². The second-order valence-electron chi connectivity index (χ2n) is 7.86. The fourth-order valence-electron chi connectivity index (χ4n) is 3.57. The van der Waals surface area contributed by atoms with Crippen LogP contribution in [-0.2, 0) is 21.4 Å². The largest absolute Gasteiger partial charge is 0.494 e. The van der Waals surface area contributed by atoms with Crippen LogP contribution in [0.1, 0.15) is 29.8 Å². The van der Waals surface area contributed by atoms with Crippen LogP contribution >= 0.6 is 0 Å². The van der Waals surface area contributed by atoms with Crippen molar-refractivity contribution in [1.29, 1.82) is 0 Å². The van der Waals surface area contributed by atoms with E-state index in [4.69, 9.17) is 4.74 Å². The van der Waals surface area contributed by atoms with Crippen LogP contribution in [0.25, 0.3) is 0 Å². The summed E-state index contributed by atoms with van der Waals surface area (Å²) < 4.78 is 31.6. The van der Waals surface area contributed by atoms with E-state index < -0.39 is 22.0 Å². The van der Waals surface area contributed by atoms with Crippen LogP contribution in [0.2, 0.25) is 0 Å². The van der Waals surface area contributed by atoms with Crippen molar-refractivity contribution >= 4 is 33.2 Å². The molecule has 0 bridgehead atoms. The Morgan fingerprint density at radius 2 is 1.57 bits per heavy atom. The molecule has 0 saturated carbocycles. The summed E-state index contributed by atoms with van der Waals surface area (Å²) in [4.78, 5) is 25.9. The zero-order chi connectivity index (χ0) is 25.4. The van der Waals surface area contributed by atoms with Crippen molar-refractivity contribution in [3.8, 4) is 5.75 Å². The zero-order valence-electron chi connectivity index (χ0n) is 19.9. The van der Waals surface area contributed by atoms with Crippen molar-refractivity contribution in [2.75, 3.05) is 22.5 Å². The molecule has 9 heteroatoms. The number of carbonyl (C=O) groups is 2. The Morgan fingerprint density at radius 3 is 2.20 bits per heavy atom. The predicted octanol–water partition coefficient (Wildman–Crippen LogP) is 3.81. The average Bonchev–Trinajstić information content (AvgIpc) is 2.84. The van der Waals surface area contributed by atoms with E-state index in [1.807, 2.05) is 37.3 Å². The van der Waals surface area contributed by atoms with Gasteiger partial charge in [0.2, 0.25) is 15.9 Å². The van der Waals surface area contributed by atoms with Gasteiger partial charge in [-0.1, -0.05) is 42.5 Å². The van der Waals surface area contributed by atoms with E-state index in [9.17, 15) is 18.0 Å². The van der Waals surface area contributed by atoms with Gasteiger partial charge in [0.25, 0.3) is 5.91 Å². The Bertz CT molecular complexity index is 1260. The normalized spacial score (nSPS) is 11.9. The molecule has 0 unspecified atom stereocenters. The Morgan fingerprint density at radius 1 is 0.943 bits per heavy atom. The second-order valence-corrected chi connectivity index (χ2v) is 9.72. The first kappa shape index (κ1) is 25.8. The van der Waals surface area contributed by atoms with Crippen molar-refractivity contribution in [3.63, 3.8) is 0 Å². The van der Waals surface area contributed by atoms with Crippen molar-refractivity contribution in [2.45, 2.75) is 26.4 Å². The number of sulfonamides is 1. The smallest absolute Gasteiger partial charge is 0.253 e. The van der Waals surface area contributed by atoms with Crippen LogP contribution in [0.5, 0.6) is 5.75 Å². The highest BCUT2D eigenvalue weighted by molar-refractivity contribution is 7.92. The van der Waals surface area contributed by atoms with E-state index in [1.54, 1.807) is 48.5 Å². The molecule has 0 aliphatic carbocycles. The van der Waals surface area contributed by atoms with Gasteiger partial charge < -0.3 is 15.4 Å². The van der Waals surface area contributed by atoms with Crippen molar-refractivity contribution in [1.82, 2.24) is 5.32 Å². The van der Waals surface area contributed by atoms with Gasteiger partial charge in [0.15, 0.2) is 0 Å². The van der Waals surface area contributed by atoms with E-state index in [0.717, 1.165) is 16.1 Å². The maximum absolute atomic E-state index is 13.1. The number of carbonyl (C=O) groups excluding carboxylic acids is 2. The molecule has 0 spiro atoms. The molecule has 2 N–H and O–H groups in total. The van der Waals surface area contributed by atoms with Gasteiger partial charge in [0, 0.05) is 6.54 Å². The first-order chi connectivity index (χ1) is 16.7. The van der Waals surface area contributed by atoms with Crippen LogP contribution in [0.3, 0.4) is 0 Å². The lowest BCUT2D eigenvalue weighted by atomic mass is 10.1. The highest BCUT2D eigenvalue weighted by atomic mass is 32.2. The molecule has 0 fully saturated rings. The van der Waals surface area contributed by atoms with Gasteiger partial charge in [-0.15, -0.1) is 0 Å². The van der Waals surface area contributed by atoms with E-state index in [-0.39, 0.29) is 17.2 Å². The molecule has 0 saturated heterocycles. The van der Waals surface area contributed by atoms with Crippen LogP contribution < -0.4 is 19.7 Å². The molecular weight excluding hydrogens is 466 g/mol. The highest BCUT2D eigenvalue weighted by Gasteiger charge is 2.30. The van der Waals surface area contributed by atoms with Crippen LogP contribution in [0, 0.1) is 0 Å². The molecule has 8 nitrogen and oxygen atoms in total. The lowest BCUT2D eigenvalue weighted by Gasteiger charge is -2.28. The van der Waals surface area contributed by atoms with Gasteiger partial charge in [0.1, 0.15) is 11.8 Å². The average molecular weight is 496 g/mol. The second kappa shape index (κ2) is 11.5. The molecule has 3 rings (SSSR count). The van der Waals surface area contributed by atoms with Gasteiger partial charge in [-0.25, -0.2) is 8.42 Å². The quantitative estimate of drug-likeness (QED) is 0.445. The minimum atomic E-state index is -3.79. The number of hydrogen-bond donors (Lipinski definition) is 2. The Balaban J connectivity index is 1.78. The first-order valence-corrected chi connectivity index (χ1v) is 13.0. The molecule has 0 aliphatic rings. The lowest BCUT2D eigenvalue weighted by Crippen LogP contribution is -2.45. The number of nitrogens with zero attached hydrogens (tertiary/aromatic N) is 1. The van der Waals surface area contributed by atoms with Gasteiger partial charge in [-0.05, 0) is 55.8 Å². The standard InChI is InChI=1S/C26H29N3O5S/c1-4-34-22-16-14-21(15-17-22)29(35(3,32)33)19(2)25(30)28-24-13-9-8-12-23(24)26(31)27-18-20-10-6-5-7-11-20/h5-17,19H,4,18H2,1-3H3,(H,27,31)(H,28,30)/t19-/m0/s1. The van der Waals surface area contributed by atoms with Crippen LogP contribution in [-0.4, -0.2) is 39.1 Å². The number of amides is 2. The Labute approximate surface area is 206 Å². The van der Waals surface area contributed by atoms with E-state index >= 15 is 0 Å². The minimum absolute atomic E-state index is 0.274. The molecular formula is C26H29N3O5S. The fraction of sp³-hybridized carbons (Fsp3) is 0.231. The van der Waals surface area contributed by atoms with E-state index in [1.165, 1.54) is 6.92 Å². The summed E-state index contributed by atoms with van der Waals surface area (Å²) in [6, 6.07) is 21.4. The third-order valence-electron chi connectivity index (χ3n) is 5.22. The number of ether oxygens (including phenoxy) is 1. The van der Waals surface area contributed by atoms with Gasteiger partial charge >= 0.3 is 0 Å². The molecule has 0 heterocycles. The van der Waals surface area contributed by atoms with E-state index in [0.29, 0.717) is 24.6 Å². The minimum Gasteiger partial charge on any atom is -0.494 e. The number of rotatable bonds is 10. The maximum atomic E-state index is 13.1. The summed E-state index contributed by atoms with van der Waals surface area (Å²) in [6.45, 7) is 4.15. The summed E-state index contributed by atoms with van der Waals surface area (Å²) in [5.74, 6) is -0.339. The van der Waals surface area contributed by atoms with E-state index in [2.05, 4.69) is 10.6 Å². The molecule has 184 valence electrons. The van der Waals surface area contributed by atoms with Crippen LogP contribution in [0.15, 0.2) is 78.9 Å². The molecule has 3 aromatic rings. The lowest BCUT2D eigenvalue weighted by molar-refractivity contribution is -0.116. The molecule has 0 radical (unpaired) electrons. The third kappa shape index (κ3) is 6.83. The third-order valence-corrected chi connectivity index (χ3v) is 6.46. The molecule has 35 heavy (non-hydrogen) atoms. The molecule has 1 atom stereocenters. The van der Waals surface area contributed by atoms with Gasteiger partial charge in [-0.3, -0.25) is 13.9 Å². The first-order valence-electron chi connectivity index (χ1n) is 11.1. The molecule has 0 aliphatic heterocycles. The number of benzene rings is 3. The summed E-state index contributed by atoms with van der Waals surface area (Å²) in [7, 11) is -3.79. The SMILES string of the molecule is CCOc1ccc(N([C@@H](C)C(=O)Nc2ccccc2C(=O)NCc2ccccc2)S(C)(=O)=O)cc1.